The first-order valence-corrected chi connectivity index (χ1v) is 6.21. The van der Waals surface area contributed by atoms with Crippen molar-refractivity contribution < 1.29 is 4.74 Å². The van der Waals surface area contributed by atoms with Crippen LogP contribution in [0.2, 0.25) is 5.02 Å². The van der Waals surface area contributed by atoms with Gasteiger partial charge in [0.25, 0.3) is 0 Å². The van der Waals surface area contributed by atoms with Crippen LogP contribution in [0.3, 0.4) is 0 Å². The predicted octanol–water partition coefficient (Wildman–Crippen LogP) is 3.47. The fraction of sp³-hybridized carbons (Fsp3) is 0.538. The van der Waals surface area contributed by atoms with Crippen LogP contribution in [0.25, 0.3) is 0 Å². The number of ether oxygens (including phenoxy) is 1. The van der Waals surface area contributed by atoms with Gasteiger partial charge < -0.3 is 10.1 Å². The summed E-state index contributed by atoms with van der Waals surface area (Å²) >= 11 is 6.19. The summed E-state index contributed by atoms with van der Waals surface area (Å²) in [5, 5.41) is 4.23. The summed E-state index contributed by atoms with van der Waals surface area (Å²) in [5.41, 5.74) is 2.38. The van der Waals surface area contributed by atoms with Crippen LogP contribution >= 0.6 is 11.6 Å². The molecule has 2 nitrogen and oxygen atoms in total. The van der Waals surface area contributed by atoms with Gasteiger partial charge >= 0.3 is 0 Å². The smallest absolute Gasteiger partial charge is 0.143 e. The molecule has 1 aromatic carbocycles. The Morgan fingerprint density at radius 1 is 1.44 bits per heavy atom. The van der Waals surface area contributed by atoms with Gasteiger partial charge in [-0.05, 0) is 38.4 Å². The van der Waals surface area contributed by atoms with Gasteiger partial charge in [0, 0.05) is 5.56 Å². The zero-order valence-corrected chi connectivity index (χ0v) is 10.8. The van der Waals surface area contributed by atoms with Crippen molar-refractivity contribution >= 4 is 11.6 Å². The summed E-state index contributed by atoms with van der Waals surface area (Å²) in [6, 6.07) is 4.39. The second-order valence-electron chi connectivity index (χ2n) is 4.42. The molecule has 0 amide bonds. The van der Waals surface area contributed by atoms with E-state index >= 15 is 0 Å². The number of hydrogen-bond donors (Lipinski definition) is 1. The SMILES string of the molecule is CCCNC1c2cc(C)cc(Cl)c2OC1C. The lowest BCUT2D eigenvalue weighted by Gasteiger charge is -2.16. The average Bonchev–Trinajstić information content (AvgIpc) is 2.53. The minimum Gasteiger partial charge on any atom is -0.487 e. The van der Waals surface area contributed by atoms with Crippen LogP contribution in [0.15, 0.2) is 12.1 Å². The molecule has 1 N–H and O–H groups in total. The van der Waals surface area contributed by atoms with E-state index in [1.807, 2.05) is 6.07 Å². The van der Waals surface area contributed by atoms with Crippen LogP contribution in [0.1, 0.15) is 37.4 Å². The largest absolute Gasteiger partial charge is 0.487 e. The first kappa shape index (κ1) is 11.7. The van der Waals surface area contributed by atoms with Crippen LogP contribution < -0.4 is 10.1 Å². The first-order valence-electron chi connectivity index (χ1n) is 5.83. The first-order chi connectivity index (χ1) is 7.63. The lowest BCUT2D eigenvalue weighted by molar-refractivity contribution is 0.210. The molecule has 88 valence electrons. The standard InChI is InChI=1S/C13H18ClNO/c1-4-5-15-12-9(3)16-13-10(12)6-8(2)7-11(13)14/h6-7,9,12,15H,4-5H2,1-3H3. The van der Waals surface area contributed by atoms with Gasteiger partial charge in [0.1, 0.15) is 11.9 Å². The molecule has 1 aliphatic rings. The molecule has 0 aromatic heterocycles. The molecule has 1 heterocycles. The number of benzene rings is 1. The molecule has 2 unspecified atom stereocenters. The highest BCUT2D eigenvalue weighted by atomic mass is 35.5. The molecule has 16 heavy (non-hydrogen) atoms. The molecule has 0 bridgehead atoms. The highest BCUT2D eigenvalue weighted by Crippen LogP contribution is 2.42. The van der Waals surface area contributed by atoms with Crippen molar-refractivity contribution in [2.24, 2.45) is 0 Å². The van der Waals surface area contributed by atoms with Crippen LogP contribution in [0.4, 0.5) is 0 Å². The maximum Gasteiger partial charge on any atom is 0.143 e. The molecule has 0 radical (unpaired) electrons. The number of halogens is 1. The molecule has 0 aliphatic carbocycles. The molecule has 0 saturated heterocycles. The molecular weight excluding hydrogens is 222 g/mol. The Morgan fingerprint density at radius 2 is 2.19 bits per heavy atom. The van der Waals surface area contributed by atoms with E-state index in [4.69, 9.17) is 16.3 Å². The van der Waals surface area contributed by atoms with E-state index < -0.39 is 0 Å². The van der Waals surface area contributed by atoms with E-state index in [0.717, 1.165) is 23.7 Å². The van der Waals surface area contributed by atoms with Gasteiger partial charge in [-0.25, -0.2) is 0 Å². The van der Waals surface area contributed by atoms with Crippen LogP contribution in [0, 0.1) is 6.92 Å². The van der Waals surface area contributed by atoms with Gasteiger partial charge in [0.2, 0.25) is 0 Å². The predicted molar refractivity (Wildman–Crippen MR) is 67.3 cm³/mol. The maximum absolute atomic E-state index is 6.19. The third-order valence-electron chi connectivity index (χ3n) is 2.94. The third-order valence-corrected chi connectivity index (χ3v) is 3.22. The third kappa shape index (κ3) is 2.04. The maximum atomic E-state index is 6.19. The quantitative estimate of drug-likeness (QED) is 0.872. The molecule has 2 rings (SSSR count). The van der Waals surface area contributed by atoms with Crippen molar-refractivity contribution in [2.75, 3.05) is 6.54 Å². The molecule has 1 aromatic rings. The summed E-state index contributed by atoms with van der Waals surface area (Å²) in [6.45, 7) is 7.31. The Balaban J connectivity index is 2.32. The zero-order chi connectivity index (χ0) is 11.7. The Hall–Kier alpha value is -0.730. The van der Waals surface area contributed by atoms with Crippen molar-refractivity contribution in [3.05, 3.63) is 28.3 Å². The number of fused-ring (bicyclic) bond motifs is 1. The Labute approximate surface area is 102 Å². The number of hydrogen-bond acceptors (Lipinski definition) is 2. The van der Waals surface area contributed by atoms with Gasteiger partial charge in [-0.2, -0.15) is 0 Å². The van der Waals surface area contributed by atoms with Crippen molar-refractivity contribution in [2.45, 2.75) is 39.3 Å². The van der Waals surface area contributed by atoms with Gasteiger partial charge in [0.15, 0.2) is 0 Å². The fourth-order valence-electron chi connectivity index (χ4n) is 2.19. The molecule has 0 fully saturated rings. The molecule has 2 atom stereocenters. The Morgan fingerprint density at radius 3 is 2.88 bits per heavy atom. The Bertz CT molecular complexity index is 392. The summed E-state index contributed by atoms with van der Waals surface area (Å²) in [4.78, 5) is 0. The summed E-state index contributed by atoms with van der Waals surface area (Å²) in [6.07, 6.45) is 1.28. The fourth-order valence-corrected chi connectivity index (χ4v) is 2.52. The van der Waals surface area contributed by atoms with Gasteiger partial charge in [0.05, 0.1) is 11.1 Å². The van der Waals surface area contributed by atoms with E-state index in [0.29, 0.717) is 0 Å². The van der Waals surface area contributed by atoms with Crippen LogP contribution in [-0.2, 0) is 0 Å². The van der Waals surface area contributed by atoms with Crippen molar-refractivity contribution in [1.82, 2.24) is 5.32 Å². The number of rotatable bonds is 3. The molecule has 0 spiro atoms. The molecule has 3 heteroatoms. The van der Waals surface area contributed by atoms with Crippen LogP contribution in [-0.4, -0.2) is 12.6 Å². The highest BCUT2D eigenvalue weighted by molar-refractivity contribution is 6.32. The normalized spacial score (nSPS) is 23.0. The minimum absolute atomic E-state index is 0.154. The minimum atomic E-state index is 0.154. The number of aryl methyl sites for hydroxylation is 1. The topological polar surface area (TPSA) is 21.3 Å². The molecular formula is C13H18ClNO. The second kappa shape index (κ2) is 4.64. The lowest BCUT2D eigenvalue weighted by Crippen LogP contribution is -2.29. The van der Waals surface area contributed by atoms with E-state index in [2.05, 4.69) is 32.2 Å². The number of nitrogens with one attached hydrogen (secondary N) is 1. The average molecular weight is 240 g/mol. The van der Waals surface area contributed by atoms with E-state index in [9.17, 15) is 0 Å². The van der Waals surface area contributed by atoms with Crippen LogP contribution in [0.5, 0.6) is 5.75 Å². The second-order valence-corrected chi connectivity index (χ2v) is 4.83. The Kier molecular flexibility index (Phi) is 3.41. The van der Waals surface area contributed by atoms with Gasteiger partial charge in [-0.3, -0.25) is 0 Å². The van der Waals surface area contributed by atoms with Gasteiger partial charge in [-0.1, -0.05) is 24.6 Å². The summed E-state index contributed by atoms with van der Waals surface area (Å²) in [7, 11) is 0. The van der Waals surface area contributed by atoms with E-state index in [1.165, 1.54) is 11.1 Å². The van der Waals surface area contributed by atoms with Crippen molar-refractivity contribution in [3.8, 4) is 5.75 Å². The molecule has 0 saturated carbocycles. The highest BCUT2D eigenvalue weighted by Gasteiger charge is 2.32. The van der Waals surface area contributed by atoms with Gasteiger partial charge in [-0.15, -0.1) is 0 Å². The van der Waals surface area contributed by atoms with E-state index in [-0.39, 0.29) is 12.1 Å². The zero-order valence-electron chi connectivity index (χ0n) is 10.0. The lowest BCUT2D eigenvalue weighted by atomic mass is 10.0. The summed E-state index contributed by atoms with van der Waals surface area (Å²) < 4.78 is 5.81. The monoisotopic (exact) mass is 239 g/mol. The van der Waals surface area contributed by atoms with E-state index in [1.54, 1.807) is 0 Å². The summed E-state index contributed by atoms with van der Waals surface area (Å²) in [5.74, 6) is 0.855. The van der Waals surface area contributed by atoms with Crippen molar-refractivity contribution in [3.63, 3.8) is 0 Å². The molecule has 1 aliphatic heterocycles. The van der Waals surface area contributed by atoms with Crippen molar-refractivity contribution in [1.29, 1.82) is 0 Å².